The Kier molecular flexibility index (Phi) is 4.67. The van der Waals surface area contributed by atoms with Crippen LogP contribution in [0.15, 0.2) is 77.8 Å². The Hall–Kier alpha value is -2.72. The molecule has 4 aromatic rings. The van der Waals surface area contributed by atoms with Crippen molar-refractivity contribution in [1.29, 1.82) is 0 Å². The van der Waals surface area contributed by atoms with Crippen LogP contribution in [0.3, 0.4) is 0 Å². The third kappa shape index (κ3) is 3.20. The van der Waals surface area contributed by atoms with E-state index in [1.54, 1.807) is 11.8 Å². The lowest BCUT2D eigenvalue weighted by Crippen LogP contribution is -2.14. The Bertz CT molecular complexity index is 1010. The third-order valence-electron chi connectivity index (χ3n) is 4.64. The van der Waals surface area contributed by atoms with Crippen molar-refractivity contribution in [2.45, 2.75) is 17.9 Å². The third-order valence-corrected chi connectivity index (χ3v) is 5.38. The SMILES string of the molecule is CSc1ccc([C@@H](Nc2ccccn2)c2c(C)[nH]c3ccccc23)cc1. The van der Waals surface area contributed by atoms with Gasteiger partial charge in [-0.25, -0.2) is 4.98 Å². The maximum atomic E-state index is 4.47. The number of pyridine rings is 1. The van der Waals surface area contributed by atoms with E-state index in [9.17, 15) is 0 Å². The van der Waals surface area contributed by atoms with Crippen LogP contribution in [-0.4, -0.2) is 16.2 Å². The number of aryl methyl sites for hydroxylation is 1. The fourth-order valence-corrected chi connectivity index (χ4v) is 3.79. The second kappa shape index (κ2) is 7.26. The van der Waals surface area contributed by atoms with E-state index in [1.165, 1.54) is 27.1 Å². The highest BCUT2D eigenvalue weighted by molar-refractivity contribution is 7.98. The number of para-hydroxylation sites is 1. The maximum Gasteiger partial charge on any atom is 0.126 e. The number of rotatable bonds is 5. The number of aromatic amines is 1. The van der Waals surface area contributed by atoms with Gasteiger partial charge in [0.05, 0.1) is 6.04 Å². The monoisotopic (exact) mass is 359 g/mol. The lowest BCUT2D eigenvalue weighted by molar-refractivity contribution is 0.919. The van der Waals surface area contributed by atoms with E-state index in [0.717, 1.165) is 11.3 Å². The van der Waals surface area contributed by atoms with E-state index in [1.807, 2.05) is 24.4 Å². The molecule has 2 aromatic heterocycles. The Labute approximate surface area is 157 Å². The second-order valence-electron chi connectivity index (χ2n) is 6.27. The van der Waals surface area contributed by atoms with Crippen LogP contribution in [0.2, 0.25) is 0 Å². The average Bonchev–Trinajstić information content (AvgIpc) is 3.03. The molecule has 0 bridgehead atoms. The van der Waals surface area contributed by atoms with E-state index in [0.29, 0.717) is 0 Å². The van der Waals surface area contributed by atoms with Gasteiger partial charge in [0.15, 0.2) is 0 Å². The molecule has 2 heterocycles. The molecule has 0 unspecified atom stereocenters. The van der Waals surface area contributed by atoms with Crippen molar-refractivity contribution in [1.82, 2.24) is 9.97 Å². The molecule has 3 nitrogen and oxygen atoms in total. The minimum absolute atomic E-state index is 0.0250. The van der Waals surface area contributed by atoms with E-state index >= 15 is 0 Å². The van der Waals surface area contributed by atoms with Crippen LogP contribution in [0.1, 0.15) is 22.9 Å². The fourth-order valence-electron chi connectivity index (χ4n) is 3.38. The van der Waals surface area contributed by atoms with Gasteiger partial charge < -0.3 is 10.3 Å². The lowest BCUT2D eigenvalue weighted by Gasteiger charge is -2.21. The van der Waals surface area contributed by atoms with Gasteiger partial charge in [-0.15, -0.1) is 11.8 Å². The zero-order chi connectivity index (χ0) is 17.9. The standard InChI is InChI=1S/C22H21N3S/c1-15-21(18-7-3-4-8-19(18)24-15)22(25-20-9-5-6-14-23-20)16-10-12-17(26-2)13-11-16/h3-14,22,24H,1-2H3,(H,23,25)/t22-/m1/s1. The highest BCUT2D eigenvalue weighted by atomic mass is 32.2. The van der Waals surface area contributed by atoms with Gasteiger partial charge >= 0.3 is 0 Å². The predicted octanol–water partition coefficient (Wildman–Crippen LogP) is 5.79. The van der Waals surface area contributed by atoms with E-state index in [2.05, 4.69) is 77.0 Å². The number of aromatic nitrogens is 2. The van der Waals surface area contributed by atoms with Gasteiger partial charge in [-0.2, -0.15) is 0 Å². The summed E-state index contributed by atoms with van der Waals surface area (Å²) < 4.78 is 0. The van der Waals surface area contributed by atoms with Gasteiger partial charge in [0.1, 0.15) is 5.82 Å². The number of hydrogen-bond acceptors (Lipinski definition) is 3. The molecule has 0 amide bonds. The molecular formula is C22H21N3S. The molecule has 26 heavy (non-hydrogen) atoms. The molecular weight excluding hydrogens is 338 g/mol. The van der Waals surface area contributed by atoms with Crippen molar-refractivity contribution in [3.05, 3.63) is 89.7 Å². The van der Waals surface area contributed by atoms with Crippen molar-refractivity contribution >= 4 is 28.5 Å². The van der Waals surface area contributed by atoms with E-state index < -0.39 is 0 Å². The highest BCUT2D eigenvalue weighted by Crippen LogP contribution is 2.34. The first-order chi connectivity index (χ1) is 12.8. The van der Waals surface area contributed by atoms with E-state index in [-0.39, 0.29) is 6.04 Å². The molecule has 0 spiro atoms. The summed E-state index contributed by atoms with van der Waals surface area (Å²) in [5.74, 6) is 0.871. The number of anilines is 1. The molecule has 0 saturated carbocycles. The Morgan fingerprint density at radius 1 is 0.962 bits per heavy atom. The molecule has 130 valence electrons. The first kappa shape index (κ1) is 16.7. The Balaban J connectivity index is 1.85. The van der Waals surface area contributed by atoms with Gasteiger partial charge in [-0.1, -0.05) is 36.4 Å². The van der Waals surface area contributed by atoms with Crippen LogP contribution in [0, 0.1) is 6.92 Å². The molecule has 4 heteroatoms. The summed E-state index contributed by atoms with van der Waals surface area (Å²) >= 11 is 1.76. The molecule has 2 N–H and O–H groups in total. The molecule has 4 rings (SSSR count). The highest BCUT2D eigenvalue weighted by Gasteiger charge is 2.21. The fraction of sp³-hybridized carbons (Fsp3) is 0.136. The van der Waals surface area contributed by atoms with Gasteiger partial charge in [0.25, 0.3) is 0 Å². The topological polar surface area (TPSA) is 40.7 Å². The Morgan fingerprint density at radius 3 is 2.46 bits per heavy atom. The van der Waals surface area contributed by atoms with Crippen LogP contribution in [0.25, 0.3) is 10.9 Å². The largest absolute Gasteiger partial charge is 0.359 e. The summed E-state index contributed by atoms with van der Waals surface area (Å²) in [5.41, 5.74) is 4.83. The second-order valence-corrected chi connectivity index (χ2v) is 7.15. The summed E-state index contributed by atoms with van der Waals surface area (Å²) in [6.45, 7) is 2.14. The molecule has 0 saturated heterocycles. The van der Waals surface area contributed by atoms with Gasteiger partial charge in [0.2, 0.25) is 0 Å². The molecule has 0 aliphatic rings. The minimum atomic E-state index is 0.0250. The smallest absolute Gasteiger partial charge is 0.126 e. The first-order valence-electron chi connectivity index (χ1n) is 8.65. The van der Waals surface area contributed by atoms with Gasteiger partial charge in [-0.05, 0) is 49.1 Å². The number of thioether (sulfide) groups is 1. The quantitative estimate of drug-likeness (QED) is 0.443. The zero-order valence-corrected chi connectivity index (χ0v) is 15.7. The summed E-state index contributed by atoms with van der Waals surface area (Å²) in [6, 6.07) is 23.2. The molecule has 0 aliphatic carbocycles. The molecule has 0 aliphatic heterocycles. The minimum Gasteiger partial charge on any atom is -0.359 e. The molecule has 0 fully saturated rings. The summed E-state index contributed by atoms with van der Waals surface area (Å²) in [4.78, 5) is 9.26. The van der Waals surface area contributed by atoms with Crippen molar-refractivity contribution in [3.8, 4) is 0 Å². The van der Waals surface area contributed by atoms with Gasteiger partial charge in [0, 0.05) is 33.3 Å². The normalized spacial score (nSPS) is 12.2. The number of nitrogens with zero attached hydrogens (tertiary/aromatic N) is 1. The number of hydrogen-bond donors (Lipinski definition) is 2. The number of nitrogens with one attached hydrogen (secondary N) is 2. The van der Waals surface area contributed by atoms with Crippen molar-refractivity contribution in [2.75, 3.05) is 11.6 Å². The number of fused-ring (bicyclic) bond motifs is 1. The number of benzene rings is 2. The Morgan fingerprint density at radius 2 is 1.73 bits per heavy atom. The summed E-state index contributed by atoms with van der Waals surface area (Å²) in [6.07, 6.45) is 3.92. The van der Waals surface area contributed by atoms with Crippen LogP contribution in [0.5, 0.6) is 0 Å². The van der Waals surface area contributed by atoms with Crippen LogP contribution in [-0.2, 0) is 0 Å². The van der Waals surface area contributed by atoms with Crippen LogP contribution >= 0.6 is 11.8 Å². The van der Waals surface area contributed by atoms with E-state index in [4.69, 9.17) is 0 Å². The summed E-state index contributed by atoms with van der Waals surface area (Å²) in [7, 11) is 0. The van der Waals surface area contributed by atoms with Crippen molar-refractivity contribution < 1.29 is 0 Å². The molecule has 2 aromatic carbocycles. The first-order valence-corrected chi connectivity index (χ1v) is 9.87. The number of H-pyrrole nitrogens is 1. The van der Waals surface area contributed by atoms with Crippen molar-refractivity contribution in [3.63, 3.8) is 0 Å². The van der Waals surface area contributed by atoms with Crippen LogP contribution < -0.4 is 5.32 Å². The van der Waals surface area contributed by atoms with Gasteiger partial charge in [-0.3, -0.25) is 0 Å². The molecule has 0 radical (unpaired) electrons. The summed E-state index contributed by atoms with van der Waals surface area (Å²) in [5, 5.41) is 4.87. The maximum absolute atomic E-state index is 4.47. The molecule has 1 atom stereocenters. The lowest BCUT2D eigenvalue weighted by atomic mass is 9.96. The predicted molar refractivity (Wildman–Crippen MR) is 111 cm³/mol. The van der Waals surface area contributed by atoms with Crippen molar-refractivity contribution in [2.24, 2.45) is 0 Å². The average molecular weight is 359 g/mol. The zero-order valence-electron chi connectivity index (χ0n) is 14.9. The van der Waals surface area contributed by atoms with Crippen LogP contribution in [0.4, 0.5) is 5.82 Å².